The first kappa shape index (κ1) is 20.7. The Balaban J connectivity index is 1.58. The number of carboxylic acid groups (broad SMARTS) is 1. The zero-order valence-electron chi connectivity index (χ0n) is 16.7. The van der Waals surface area contributed by atoms with Gasteiger partial charge < -0.3 is 10.0 Å². The van der Waals surface area contributed by atoms with Gasteiger partial charge in [-0.2, -0.15) is 0 Å². The SMILES string of the molecule is CN(C(=O)c1sc2cc(C(=O)O)ccc2c1S)c1ccc2sc3ccccc3c(=O)c2c1. The van der Waals surface area contributed by atoms with E-state index in [1.165, 1.54) is 33.6 Å². The molecule has 0 unspecified atom stereocenters. The predicted octanol–water partition coefficient (Wildman–Crippen LogP) is 5.89. The minimum Gasteiger partial charge on any atom is -0.478 e. The van der Waals surface area contributed by atoms with E-state index in [9.17, 15) is 19.5 Å². The largest absolute Gasteiger partial charge is 0.478 e. The first-order valence-corrected chi connectivity index (χ1v) is 11.7. The summed E-state index contributed by atoms with van der Waals surface area (Å²) in [5.74, 6) is -1.30. The second-order valence-corrected chi connectivity index (χ2v) is 9.85. The summed E-state index contributed by atoms with van der Waals surface area (Å²) in [6.07, 6.45) is 0. The summed E-state index contributed by atoms with van der Waals surface area (Å²) in [5, 5.41) is 11.2. The van der Waals surface area contributed by atoms with Crippen LogP contribution in [0.1, 0.15) is 20.0 Å². The Bertz CT molecular complexity index is 1630. The molecule has 0 aliphatic rings. The topological polar surface area (TPSA) is 74.7 Å². The minimum atomic E-state index is -1.02. The number of carbonyl (C=O) groups excluding carboxylic acids is 1. The second kappa shape index (κ2) is 7.74. The average Bonchev–Trinajstić information content (AvgIpc) is 3.14. The van der Waals surface area contributed by atoms with Crippen LogP contribution in [-0.2, 0) is 0 Å². The van der Waals surface area contributed by atoms with Crippen LogP contribution >= 0.6 is 35.3 Å². The summed E-state index contributed by atoms with van der Waals surface area (Å²) in [6.45, 7) is 0. The summed E-state index contributed by atoms with van der Waals surface area (Å²) in [7, 11) is 1.65. The summed E-state index contributed by atoms with van der Waals surface area (Å²) in [5.41, 5.74) is 0.693. The van der Waals surface area contributed by atoms with Gasteiger partial charge in [0.05, 0.1) is 5.56 Å². The lowest BCUT2D eigenvalue weighted by Gasteiger charge is -2.17. The quantitative estimate of drug-likeness (QED) is 0.251. The van der Waals surface area contributed by atoms with Crippen LogP contribution in [0.4, 0.5) is 5.69 Å². The molecule has 0 saturated heterocycles. The maximum atomic E-state index is 13.3. The van der Waals surface area contributed by atoms with Crippen molar-refractivity contribution in [2.75, 3.05) is 11.9 Å². The van der Waals surface area contributed by atoms with Crippen molar-refractivity contribution in [1.29, 1.82) is 0 Å². The Morgan fingerprint density at radius 2 is 1.62 bits per heavy atom. The maximum absolute atomic E-state index is 13.3. The Morgan fingerprint density at radius 1 is 0.875 bits per heavy atom. The molecule has 0 saturated carbocycles. The van der Waals surface area contributed by atoms with E-state index in [1.807, 2.05) is 36.4 Å². The molecule has 8 heteroatoms. The number of benzene rings is 3. The van der Waals surface area contributed by atoms with Crippen molar-refractivity contribution in [3.63, 3.8) is 0 Å². The maximum Gasteiger partial charge on any atom is 0.335 e. The molecule has 0 fully saturated rings. The van der Waals surface area contributed by atoms with Gasteiger partial charge in [-0.25, -0.2) is 4.79 Å². The van der Waals surface area contributed by atoms with Crippen molar-refractivity contribution < 1.29 is 14.7 Å². The molecule has 2 heterocycles. The van der Waals surface area contributed by atoms with Crippen molar-refractivity contribution in [1.82, 2.24) is 0 Å². The van der Waals surface area contributed by atoms with Gasteiger partial charge in [-0.15, -0.1) is 35.3 Å². The second-order valence-electron chi connectivity index (χ2n) is 7.27. The van der Waals surface area contributed by atoms with Gasteiger partial charge in [0.25, 0.3) is 5.91 Å². The summed E-state index contributed by atoms with van der Waals surface area (Å²) >= 11 is 7.27. The number of thiophene rings is 1. The monoisotopic (exact) mass is 477 g/mol. The number of hydrogen-bond acceptors (Lipinski definition) is 6. The number of hydrogen-bond donors (Lipinski definition) is 2. The molecule has 158 valence electrons. The lowest BCUT2D eigenvalue weighted by molar-refractivity contribution is 0.0697. The Kier molecular flexibility index (Phi) is 5.00. The lowest BCUT2D eigenvalue weighted by atomic mass is 10.1. The van der Waals surface area contributed by atoms with E-state index in [0.717, 1.165) is 14.8 Å². The van der Waals surface area contributed by atoms with Crippen LogP contribution in [0.2, 0.25) is 0 Å². The van der Waals surface area contributed by atoms with Crippen LogP contribution in [0, 0.1) is 0 Å². The number of thiol groups is 1. The molecule has 0 radical (unpaired) electrons. The highest BCUT2D eigenvalue weighted by atomic mass is 32.1. The first-order valence-electron chi connectivity index (χ1n) is 9.57. The van der Waals surface area contributed by atoms with Crippen molar-refractivity contribution in [3.05, 3.63) is 81.3 Å². The molecular formula is C24H15NO4S3. The zero-order valence-corrected chi connectivity index (χ0v) is 19.2. The van der Waals surface area contributed by atoms with Gasteiger partial charge in [-0.3, -0.25) is 9.59 Å². The third-order valence-electron chi connectivity index (χ3n) is 5.36. The first-order chi connectivity index (χ1) is 15.3. The number of aromatic carboxylic acids is 1. The Morgan fingerprint density at radius 3 is 2.41 bits per heavy atom. The number of amides is 1. The highest BCUT2D eigenvalue weighted by molar-refractivity contribution is 7.81. The fourth-order valence-electron chi connectivity index (χ4n) is 3.63. The number of carbonyl (C=O) groups is 2. The number of nitrogens with zero attached hydrogens (tertiary/aromatic N) is 1. The lowest BCUT2D eigenvalue weighted by Crippen LogP contribution is -2.25. The van der Waals surface area contributed by atoms with E-state index in [4.69, 9.17) is 0 Å². The Labute approximate surface area is 195 Å². The third kappa shape index (κ3) is 3.28. The van der Waals surface area contributed by atoms with Gasteiger partial charge in [0.15, 0.2) is 5.43 Å². The fourth-order valence-corrected chi connectivity index (χ4v) is 6.30. The molecule has 5 rings (SSSR count). The van der Waals surface area contributed by atoms with Gasteiger partial charge >= 0.3 is 5.97 Å². The van der Waals surface area contributed by atoms with Crippen LogP contribution in [-0.4, -0.2) is 24.0 Å². The number of carboxylic acids is 1. The molecule has 32 heavy (non-hydrogen) atoms. The van der Waals surface area contributed by atoms with E-state index in [2.05, 4.69) is 12.6 Å². The molecule has 0 spiro atoms. The number of rotatable bonds is 3. The number of fused-ring (bicyclic) bond motifs is 3. The average molecular weight is 478 g/mol. The summed E-state index contributed by atoms with van der Waals surface area (Å²) in [4.78, 5) is 40.0. The van der Waals surface area contributed by atoms with E-state index >= 15 is 0 Å². The smallest absolute Gasteiger partial charge is 0.335 e. The third-order valence-corrected chi connectivity index (χ3v) is 8.26. The van der Waals surface area contributed by atoms with Crippen molar-refractivity contribution in [2.24, 2.45) is 0 Å². The molecule has 5 aromatic rings. The van der Waals surface area contributed by atoms with Crippen LogP contribution in [0.25, 0.3) is 30.3 Å². The van der Waals surface area contributed by atoms with Gasteiger partial charge in [0.2, 0.25) is 0 Å². The van der Waals surface area contributed by atoms with Crippen molar-refractivity contribution in [3.8, 4) is 0 Å². The molecule has 0 aliphatic heterocycles. The van der Waals surface area contributed by atoms with E-state index in [-0.39, 0.29) is 16.9 Å². The highest BCUT2D eigenvalue weighted by Crippen LogP contribution is 2.36. The van der Waals surface area contributed by atoms with Crippen LogP contribution in [0.15, 0.2) is 70.4 Å². The predicted molar refractivity (Wildman–Crippen MR) is 134 cm³/mol. The molecule has 2 aromatic heterocycles. The number of anilines is 1. The summed E-state index contributed by atoms with van der Waals surface area (Å²) < 4.78 is 2.46. The Hall–Kier alpha value is -3.20. The standard InChI is InChI=1S/C24H15NO4S3/c1-25(23(27)22-21(30)15-8-6-12(24(28)29)10-19(15)32-22)13-7-9-18-16(11-13)20(26)14-4-2-3-5-17(14)31-18/h2-11,30H,1H3,(H,28,29). The van der Waals surface area contributed by atoms with Crippen LogP contribution in [0.3, 0.4) is 0 Å². The van der Waals surface area contributed by atoms with E-state index in [0.29, 0.717) is 30.9 Å². The van der Waals surface area contributed by atoms with Crippen molar-refractivity contribution in [2.45, 2.75) is 4.90 Å². The van der Waals surface area contributed by atoms with Crippen LogP contribution in [0.5, 0.6) is 0 Å². The van der Waals surface area contributed by atoms with Gasteiger partial charge in [0.1, 0.15) is 4.88 Å². The molecule has 1 amide bonds. The molecule has 0 atom stereocenters. The van der Waals surface area contributed by atoms with Gasteiger partial charge in [0, 0.05) is 47.9 Å². The molecule has 3 aromatic carbocycles. The molecule has 1 N–H and O–H groups in total. The zero-order chi connectivity index (χ0) is 22.6. The molecule has 0 bridgehead atoms. The van der Waals surface area contributed by atoms with E-state index in [1.54, 1.807) is 25.2 Å². The van der Waals surface area contributed by atoms with E-state index < -0.39 is 5.97 Å². The van der Waals surface area contributed by atoms with Crippen molar-refractivity contribution >= 4 is 83.1 Å². The van der Waals surface area contributed by atoms with Crippen LogP contribution < -0.4 is 10.3 Å². The minimum absolute atomic E-state index is 0.0602. The molecule has 0 aliphatic carbocycles. The molecular weight excluding hydrogens is 462 g/mol. The highest BCUT2D eigenvalue weighted by Gasteiger charge is 2.22. The van der Waals surface area contributed by atoms with Gasteiger partial charge in [-0.1, -0.05) is 18.2 Å². The molecule has 5 nitrogen and oxygen atoms in total. The fraction of sp³-hybridized carbons (Fsp3) is 0.0417. The normalized spacial score (nSPS) is 11.3. The van der Waals surface area contributed by atoms with Gasteiger partial charge in [-0.05, 0) is 42.5 Å². The summed E-state index contributed by atoms with van der Waals surface area (Å²) in [6, 6.07) is 17.6.